The van der Waals surface area contributed by atoms with Crippen LogP contribution in [-0.4, -0.2) is 30.1 Å². The van der Waals surface area contributed by atoms with Gasteiger partial charge in [0.1, 0.15) is 5.82 Å². The van der Waals surface area contributed by atoms with E-state index in [1.54, 1.807) is 31.0 Å². The van der Waals surface area contributed by atoms with E-state index in [9.17, 15) is 0 Å². The molecule has 5 rings (SSSR count). The first-order valence-corrected chi connectivity index (χ1v) is 8.09. The van der Waals surface area contributed by atoms with Crippen molar-refractivity contribution in [2.45, 2.75) is 0 Å². The zero-order chi connectivity index (χ0) is 17.3. The van der Waals surface area contributed by atoms with Crippen molar-refractivity contribution in [3.8, 4) is 11.4 Å². The maximum Gasteiger partial charge on any atom is 0.162 e. The fourth-order valence-corrected chi connectivity index (χ4v) is 2.85. The Balaban J connectivity index is 1.65. The standard InChI is InChI=1S/C19H13N7/c1-2-16-13(10-22-26-16)9-14(1)23-19-15-11-21-8-5-17(15)24-18(25-19)12-3-6-20-7-4-12/h1-11H,(H,22,26)(H,23,24,25). The van der Waals surface area contributed by atoms with Crippen molar-refractivity contribution in [1.29, 1.82) is 0 Å². The molecule has 4 aromatic heterocycles. The zero-order valence-electron chi connectivity index (χ0n) is 13.6. The van der Waals surface area contributed by atoms with Crippen LogP contribution < -0.4 is 5.32 Å². The van der Waals surface area contributed by atoms with E-state index < -0.39 is 0 Å². The number of aromatic amines is 1. The number of fused-ring (bicyclic) bond motifs is 2. The molecule has 0 saturated heterocycles. The summed E-state index contributed by atoms with van der Waals surface area (Å²) < 4.78 is 0. The molecule has 0 aliphatic carbocycles. The quantitative estimate of drug-likeness (QED) is 0.520. The molecule has 0 unspecified atom stereocenters. The normalized spacial score (nSPS) is 11.1. The molecule has 0 amide bonds. The van der Waals surface area contributed by atoms with E-state index in [4.69, 9.17) is 4.98 Å². The Morgan fingerprint density at radius 3 is 2.65 bits per heavy atom. The van der Waals surface area contributed by atoms with Gasteiger partial charge >= 0.3 is 0 Å². The lowest BCUT2D eigenvalue weighted by atomic mass is 10.2. The molecule has 7 heteroatoms. The summed E-state index contributed by atoms with van der Waals surface area (Å²) in [7, 11) is 0. The zero-order valence-corrected chi connectivity index (χ0v) is 13.6. The van der Waals surface area contributed by atoms with Gasteiger partial charge in [0.05, 0.1) is 22.6 Å². The smallest absolute Gasteiger partial charge is 0.162 e. The molecular weight excluding hydrogens is 326 g/mol. The highest BCUT2D eigenvalue weighted by Gasteiger charge is 2.10. The fraction of sp³-hybridized carbons (Fsp3) is 0. The minimum absolute atomic E-state index is 0.637. The number of nitrogens with zero attached hydrogens (tertiary/aromatic N) is 5. The third-order valence-electron chi connectivity index (χ3n) is 4.14. The number of nitrogens with one attached hydrogen (secondary N) is 2. The third-order valence-corrected chi connectivity index (χ3v) is 4.14. The monoisotopic (exact) mass is 339 g/mol. The Morgan fingerprint density at radius 1 is 0.846 bits per heavy atom. The van der Waals surface area contributed by atoms with Crippen LogP contribution in [0.5, 0.6) is 0 Å². The van der Waals surface area contributed by atoms with Gasteiger partial charge in [-0.15, -0.1) is 0 Å². The Hall–Kier alpha value is -3.87. The number of pyridine rings is 2. The van der Waals surface area contributed by atoms with Crippen molar-refractivity contribution in [1.82, 2.24) is 30.1 Å². The van der Waals surface area contributed by atoms with Gasteiger partial charge in [-0.3, -0.25) is 15.1 Å². The number of benzene rings is 1. The third kappa shape index (κ3) is 2.51. The molecule has 0 radical (unpaired) electrons. The highest BCUT2D eigenvalue weighted by atomic mass is 15.1. The molecule has 0 fully saturated rings. The largest absolute Gasteiger partial charge is 0.340 e. The Labute approximate surface area is 148 Å². The fourth-order valence-electron chi connectivity index (χ4n) is 2.85. The molecule has 0 aliphatic rings. The molecule has 4 heterocycles. The minimum Gasteiger partial charge on any atom is -0.340 e. The summed E-state index contributed by atoms with van der Waals surface area (Å²) in [5.74, 6) is 1.34. The van der Waals surface area contributed by atoms with E-state index in [2.05, 4.69) is 30.5 Å². The van der Waals surface area contributed by atoms with Crippen LogP contribution in [-0.2, 0) is 0 Å². The van der Waals surface area contributed by atoms with Crippen LogP contribution >= 0.6 is 0 Å². The Kier molecular flexibility index (Phi) is 3.28. The van der Waals surface area contributed by atoms with Gasteiger partial charge in [0.15, 0.2) is 5.82 Å². The highest BCUT2D eigenvalue weighted by Crippen LogP contribution is 2.27. The molecule has 1 aromatic carbocycles. The number of aromatic nitrogens is 6. The van der Waals surface area contributed by atoms with Gasteiger partial charge in [-0.25, -0.2) is 9.97 Å². The molecule has 0 atom stereocenters. The van der Waals surface area contributed by atoms with Crippen molar-refractivity contribution in [2.75, 3.05) is 5.32 Å². The van der Waals surface area contributed by atoms with Gasteiger partial charge in [-0.05, 0) is 36.4 Å². The predicted molar refractivity (Wildman–Crippen MR) is 99.9 cm³/mol. The molecule has 0 bridgehead atoms. The first kappa shape index (κ1) is 14.5. The van der Waals surface area contributed by atoms with Crippen molar-refractivity contribution in [3.63, 3.8) is 0 Å². The predicted octanol–water partition coefficient (Wildman–Crippen LogP) is 3.71. The van der Waals surface area contributed by atoms with Crippen LogP contribution in [0.3, 0.4) is 0 Å². The second kappa shape index (κ2) is 5.89. The second-order valence-corrected chi connectivity index (χ2v) is 5.82. The highest BCUT2D eigenvalue weighted by molar-refractivity contribution is 5.92. The van der Waals surface area contributed by atoms with Gasteiger partial charge < -0.3 is 5.32 Å². The number of rotatable bonds is 3. The van der Waals surface area contributed by atoms with E-state index in [0.29, 0.717) is 11.6 Å². The lowest BCUT2D eigenvalue weighted by molar-refractivity contribution is 1.12. The summed E-state index contributed by atoms with van der Waals surface area (Å²) in [5, 5.41) is 12.3. The van der Waals surface area contributed by atoms with Crippen LogP contribution in [0.15, 0.2) is 67.4 Å². The van der Waals surface area contributed by atoms with Crippen LogP contribution in [0.4, 0.5) is 11.5 Å². The van der Waals surface area contributed by atoms with E-state index in [0.717, 1.165) is 33.1 Å². The van der Waals surface area contributed by atoms with Crippen molar-refractivity contribution < 1.29 is 0 Å². The summed E-state index contributed by atoms with van der Waals surface area (Å²) in [6.45, 7) is 0. The topological polar surface area (TPSA) is 92.3 Å². The summed E-state index contributed by atoms with van der Waals surface area (Å²) in [6.07, 6.45) is 8.75. The van der Waals surface area contributed by atoms with E-state index >= 15 is 0 Å². The van der Waals surface area contributed by atoms with Crippen LogP contribution in [0, 0.1) is 0 Å². The van der Waals surface area contributed by atoms with E-state index in [1.807, 2.05) is 36.4 Å². The van der Waals surface area contributed by atoms with Crippen molar-refractivity contribution in [3.05, 3.63) is 67.4 Å². The van der Waals surface area contributed by atoms with Crippen molar-refractivity contribution in [2.24, 2.45) is 0 Å². The van der Waals surface area contributed by atoms with Gasteiger partial charge in [0, 0.05) is 41.4 Å². The first-order chi connectivity index (χ1) is 12.9. The van der Waals surface area contributed by atoms with Gasteiger partial charge in [-0.1, -0.05) is 0 Å². The molecule has 124 valence electrons. The lowest BCUT2D eigenvalue weighted by Gasteiger charge is -2.11. The average Bonchev–Trinajstić information content (AvgIpc) is 3.16. The molecular formula is C19H13N7. The second-order valence-electron chi connectivity index (χ2n) is 5.82. The van der Waals surface area contributed by atoms with Gasteiger partial charge in [-0.2, -0.15) is 5.10 Å². The molecule has 26 heavy (non-hydrogen) atoms. The summed E-state index contributed by atoms with van der Waals surface area (Å²) in [5.41, 5.74) is 3.64. The molecule has 5 aromatic rings. The van der Waals surface area contributed by atoms with Crippen LogP contribution in [0.1, 0.15) is 0 Å². The summed E-state index contributed by atoms with van der Waals surface area (Å²) in [6, 6.07) is 11.7. The molecule has 2 N–H and O–H groups in total. The maximum absolute atomic E-state index is 4.72. The lowest BCUT2D eigenvalue weighted by Crippen LogP contribution is -1.99. The van der Waals surface area contributed by atoms with Crippen LogP contribution in [0.25, 0.3) is 33.2 Å². The maximum atomic E-state index is 4.72. The number of anilines is 2. The first-order valence-electron chi connectivity index (χ1n) is 8.09. The SMILES string of the molecule is c1cc(-c2nc(Nc3ccc4[nH]ncc4c3)c3cnccc3n2)ccn1. The van der Waals surface area contributed by atoms with Crippen LogP contribution in [0.2, 0.25) is 0 Å². The Bertz CT molecular complexity index is 1210. The van der Waals surface area contributed by atoms with Crippen molar-refractivity contribution >= 4 is 33.3 Å². The molecule has 0 spiro atoms. The number of hydrogen-bond donors (Lipinski definition) is 2. The minimum atomic E-state index is 0.637. The Morgan fingerprint density at radius 2 is 1.73 bits per heavy atom. The van der Waals surface area contributed by atoms with E-state index in [-0.39, 0.29) is 0 Å². The summed E-state index contributed by atoms with van der Waals surface area (Å²) >= 11 is 0. The average molecular weight is 339 g/mol. The molecule has 7 nitrogen and oxygen atoms in total. The van der Waals surface area contributed by atoms with Gasteiger partial charge in [0.2, 0.25) is 0 Å². The summed E-state index contributed by atoms with van der Waals surface area (Å²) in [4.78, 5) is 17.6. The van der Waals surface area contributed by atoms with Gasteiger partial charge in [0.25, 0.3) is 0 Å². The molecule has 0 saturated carbocycles. The van der Waals surface area contributed by atoms with E-state index in [1.165, 1.54) is 0 Å². The molecule has 0 aliphatic heterocycles. The number of hydrogen-bond acceptors (Lipinski definition) is 6. The number of H-pyrrole nitrogens is 1.